The number of para-hydroxylation sites is 1. The van der Waals surface area contributed by atoms with Crippen molar-refractivity contribution in [2.24, 2.45) is 0 Å². The summed E-state index contributed by atoms with van der Waals surface area (Å²) in [7, 11) is 1.21. The summed E-state index contributed by atoms with van der Waals surface area (Å²) in [5, 5.41) is 0.323. The third kappa shape index (κ3) is 4.45. The van der Waals surface area contributed by atoms with E-state index >= 15 is 0 Å². The molecule has 1 aromatic heterocycles. The molecule has 2 aromatic carbocycles. The Morgan fingerprint density at radius 3 is 2.59 bits per heavy atom. The van der Waals surface area contributed by atoms with Gasteiger partial charge in [0.05, 0.1) is 30.1 Å². The maximum Gasteiger partial charge on any atom is 0.329 e. The van der Waals surface area contributed by atoms with Gasteiger partial charge in [0, 0.05) is 13.1 Å². The van der Waals surface area contributed by atoms with Crippen molar-refractivity contribution in [1.82, 2.24) is 19.4 Å². The normalized spacial score (nSPS) is 13.9. The first-order valence-corrected chi connectivity index (χ1v) is 10.4. The number of fused-ring (bicyclic) bond motifs is 1. The van der Waals surface area contributed by atoms with E-state index in [1.54, 1.807) is 24.3 Å². The minimum Gasteiger partial charge on any atom is -0.468 e. The van der Waals surface area contributed by atoms with Crippen molar-refractivity contribution in [2.45, 2.75) is 6.54 Å². The van der Waals surface area contributed by atoms with Crippen molar-refractivity contribution in [1.29, 1.82) is 0 Å². The molecule has 4 rings (SSSR count). The Morgan fingerprint density at radius 2 is 1.85 bits per heavy atom. The molecule has 2 amide bonds. The highest BCUT2D eigenvalue weighted by Gasteiger charge is 2.30. The fourth-order valence-corrected chi connectivity index (χ4v) is 3.86. The van der Waals surface area contributed by atoms with E-state index in [1.807, 2.05) is 0 Å². The number of aromatic amines is 1. The Hall–Kier alpha value is -4.28. The molecule has 2 heterocycles. The molecular formula is C23H21FN4O6. The summed E-state index contributed by atoms with van der Waals surface area (Å²) in [6, 6.07) is 10.5. The number of ether oxygens (including phenoxy) is 1. The number of nitrogens with zero attached hydrogens (tertiary/aromatic N) is 3. The van der Waals surface area contributed by atoms with Gasteiger partial charge in [-0.25, -0.2) is 9.18 Å². The summed E-state index contributed by atoms with van der Waals surface area (Å²) in [5.41, 5.74) is -0.523. The van der Waals surface area contributed by atoms with E-state index in [0.717, 1.165) is 6.07 Å². The topological polar surface area (TPSA) is 122 Å². The molecule has 0 saturated carbocycles. The Kier molecular flexibility index (Phi) is 6.26. The van der Waals surface area contributed by atoms with Crippen LogP contribution in [0, 0.1) is 5.82 Å². The number of methoxy groups -OCH3 is 1. The molecule has 1 aliphatic heterocycles. The lowest BCUT2D eigenvalue weighted by Crippen LogP contribution is -2.53. The third-order valence-corrected chi connectivity index (χ3v) is 5.66. The number of H-pyrrole nitrogens is 1. The fraction of sp³-hybridized carbons (Fsp3) is 0.261. The zero-order valence-corrected chi connectivity index (χ0v) is 18.2. The molecule has 34 heavy (non-hydrogen) atoms. The van der Waals surface area contributed by atoms with E-state index in [4.69, 9.17) is 0 Å². The molecule has 1 aliphatic rings. The zero-order valence-electron chi connectivity index (χ0n) is 18.2. The predicted octanol–water partition coefficient (Wildman–Crippen LogP) is 0.335. The molecular weight excluding hydrogens is 447 g/mol. The van der Waals surface area contributed by atoms with Gasteiger partial charge in [-0.15, -0.1) is 0 Å². The van der Waals surface area contributed by atoms with Crippen molar-refractivity contribution in [3.63, 3.8) is 0 Å². The smallest absolute Gasteiger partial charge is 0.329 e. The van der Waals surface area contributed by atoms with Gasteiger partial charge in [0.25, 0.3) is 11.5 Å². The molecule has 0 atom stereocenters. The number of esters is 1. The summed E-state index contributed by atoms with van der Waals surface area (Å²) in [4.78, 5) is 66.0. The summed E-state index contributed by atoms with van der Waals surface area (Å²) in [6.45, 7) is -0.301. The minimum atomic E-state index is -0.767. The minimum absolute atomic E-state index is 0.0114. The number of nitrogens with one attached hydrogen (secondary N) is 1. The van der Waals surface area contributed by atoms with Crippen LogP contribution in [0.15, 0.2) is 52.1 Å². The maximum absolute atomic E-state index is 14.6. The SMILES string of the molecule is COC(=O)CN1CCN(C(=O)c2cc(Cn3c(=O)[nH]c(=O)c4ccccc43)ccc2F)CC1=O. The monoisotopic (exact) mass is 468 g/mol. The van der Waals surface area contributed by atoms with Gasteiger partial charge in [-0.2, -0.15) is 0 Å². The number of amides is 2. The highest BCUT2D eigenvalue weighted by molar-refractivity contribution is 5.97. The quantitative estimate of drug-likeness (QED) is 0.539. The first-order chi connectivity index (χ1) is 16.3. The van der Waals surface area contributed by atoms with Crippen molar-refractivity contribution in [3.05, 3.63) is 80.2 Å². The summed E-state index contributed by atoms with van der Waals surface area (Å²) in [6.07, 6.45) is 0. The number of rotatable bonds is 5. The number of halogens is 1. The molecule has 11 heteroatoms. The van der Waals surface area contributed by atoms with Gasteiger partial charge < -0.3 is 14.5 Å². The fourth-order valence-electron chi connectivity index (χ4n) is 3.86. The first-order valence-electron chi connectivity index (χ1n) is 10.4. The van der Waals surface area contributed by atoms with Crippen LogP contribution in [0.25, 0.3) is 10.9 Å². The van der Waals surface area contributed by atoms with Crippen molar-refractivity contribution < 1.29 is 23.5 Å². The number of aromatic nitrogens is 2. The van der Waals surface area contributed by atoms with Crippen LogP contribution < -0.4 is 11.2 Å². The van der Waals surface area contributed by atoms with Crippen LogP contribution >= 0.6 is 0 Å². The number of hydrogen-bond acceptors (Lipinski definition) is 6. The standard InChI is InChI=1S/C23H21FN4O6/c1-34-20(30)13-26-8-9-27(12-19(26)29)22(32)16-10-14(6-7-17(16)24)11-28-18-5-3-2-4-15(18)21(31)25-23(28)33/h2-7,10H,8-9,11-13H2,1H3,(H,25,31,33). The van der Waals surface area contributed by atoms with Crippen LogP contribution in [0.5, 0.6) is 0 Å². The largest absolute Gasteiger partial charge is 0.468 e. The molecule has 1 fully saturated rings. The van der Waals surface area contributed by atoms with Gasteiger partial charge >= 0.3 is 11.7 Å². The highest BCUT2D eigenvalue weighted by Crippen LogP contribution is 2.17. The van der Waals surface area contributed by atoms with Gasteiger partial charge in [-0.05, 0) is 29.8 Å². The average molecular weight is 468 g/mol. The lowest BCUT2D eigenvalue weighted by Gasteiger charge is -2.33. The average Bonchev–Trinajstić information content (AvgIpc) is 2.83. The number of hydrogen-bond donors (Lipinski definition) is 1. The van der Waals surface area contributed by atoms with Gasteiger partial charge in [0.15, 0.2) is 0 Å². The molecule has 0 radical (unpaired) electrons. The molecule has 0 bridgehead atoms. The van der Waals surface area contributed by atoms with Gasteiger partial charge in [0.1, 0.15) is 18.9 Å². The number of piperazine rings is 1. The van der Waals surface area contributed by atoms with Crippen LogP contribution in [-0.4, -0.2) is 70.4 Å². The molecule has 0 spiro atoms. The van der Waals surface area contributed by atoms with E-state index in [-0.39, 0.29) is 38.3 Å². The van der Waals surface area contributed by atoms with Crippen molar-refractivity contribution in [3.8, 4) is 0 Å². The molecule has 0 aliphatic carbocycles. The second kappa shape index (κ2) is 9.30. The van der Waals surface area contributed by atoms with Crippen LogP contribution in [-0.2, 0) is 20.9 Å². The molecule has 10 nitrogen and oxygen atoms in total. The first kappa shape index (κ1) is 22.9. The number of carbonyl (C=O) groups is 3. The Bertz CT molecular complexity index is 1410. The Labute approximate surface area is 192 Å². The van der Waals surface area contributed by atoms with Crippen LogP contribution in [0.3, 0.4) is 0 Å². The van der Waals surface area contributed by atoms with Crippen LogP contribution in [0.2, 0.25) is 0 Å². The van der Waals surface area contributed by atoms with Gasteiger partial charge in [-0.1, -0.05) is 18.2 Å². The molecule has 176 valence electrons. The van der Waals surface area contributed by atoms with E-state index in [0.29, 0.717) is 16.5 Å². The maximum atomic E-state index is 14.6. The second-order valence-corrected chi connectivity index (χ2v) is 7.79. The zero-order chi connectivity index (χ0) is 24.4. The lowest BCUT2D eigenvalue weighted by atomic mass is 10.1. The molecule has 1 N–H and O–H groups in total. The van der Waals surface area contributed by atoms with Gasteiger partial charge in [-0.3, -0.25) is 28.7 Å². The van der Waals surface area contributed by atoms with Crippen LogP contribution in [0.4, 0.5) is 4.39 Å². The highest BCUT2D eigenvalue weighted by atomic mass is 19.1. The molecule has 0 unspecified atom stereocenters. The molecule has 3 aromatic rings. The summed E-state index contributed by atoms with van der Waals surface area (Å²) >= 11 is 0. The summed E-state index contributed by atoms with van der Waals surface area (Å²) in [5.74, 6) is -2.47. The van der Waals surface area contributed by atoms with Crippen molar-refractivity contribution in [2.75, 3.05) is 33.3 Å². The molecule has 1 saturated heterocycles. The van der Waals surface area contributed by atoms with Crippen molar-refractivity contribution >= 4 is 28.7 Å². The Morgan fingerprint density at radius 1 is 1.09 bits per heavy atom. The van der Waals surface area contributed by atoms with E-state index < -0.39 is 34.8 Å². The number of benzene rings is 2. The summed E-state index contributed by atoms with van der Waals surface area (Å²) < 4.78 is 20.5. The second-order valence-electron chi connectivity index (χ2n) is 7.79. The third-order valence-electron chi connectivity index (χ3n) is 5.66. The van der Waals surface area contributed by atoms with E-state index in [1.165, 1.54) is 33.6 Å². The predicted molar refractivity (Wildman–Crippen MR) is 119 cm³/mol. The van der Waals surface area contributed by atoms with Crippen LogP contribution in [0.1, 0.15) is 15.9 Å². The van der Waals surface area contributed by atoms with E-state index in [9.17, 15) is 28.4 Å². The van der Waals surface area contributed by atoms with E-state index in [2.05, 4.69) is 9.72 Å². The number of carbonyl (C=O) groups excluding carboxylic acids is 3. The lowest BCUT2D eigenvalue weighted by molar-refractivity contribution is -0.148. The Balaban J connectivity index is 1.58. The van der Waals surface area contributed by atoms with Gasteiger partial charge in [0.2, 0.25) is 5.91 Å².